The van der Waals surface area contributed by atoms with Crippen molar-refractivity contribution in [3.63, 3.8) is 0 Å². The molecule has 0 amide bonds. The van der Waals surface area contributed by atoms with E-state index in [-0.39, 0.29) is 12.4 Å². The molecule has 1 aromatic rings. The van der Waals surface area contributed by atoms with E-state index in [4.69, 9.17) is 11.6 Å². The van der Waals surface area contributed by atoms with Crippen molar-refractivity contribution >= 4 is 30.0 Å². The molecule has 0 aliphatic carbocycles. The average molecular weight is 263 g/mol. The lowest BCUT2D eigenvalue weighted by molar-refractivity contribution is 0.573. The first-order valence-electron chi connectivity index (χ1n) is 5.16. The fourth-order valence-electron chi connectivity index (χ4n) is 1.85. The number of nitrogens with zero attached hydrogens (tertiary/aromatic N) is 3. The maximum atomic E-state index is 5.82. The van der Waals surface area contributed by atoms with E-state index in [2.05, 4.69) is 20.2 Å². The normalized spacial score (nSPS) is 19.2. The van der Waals surface area contributed by atoms with E-state index in [1.54, 1.807) is 12.3 Å². The second-order valence-electron chi connectivity index (χ2n) is 3.92. The Bertz CT molecular complexity index is 328. The van der Waals surface area contributed by atoms with Crippen LogP contribution >= 0.6 is 24.0 Å². The lowest BCUT2D eigenvalue weighted by atomic mass is 10.1. The van der Waals surface area contributed by atoms with Gasteiger partial charge < -0.3 is 10.2 Å². The molecule has 16 heavy (non-hydrogen) atoms. The molecule has 6 heteroatoms. The van der Waals surface area contributed by atoms with Crippen molar-refractivity contribution in [3.8, 4) is 0 Å². The van der Waals surface area contributed by atoms with Gasteiger partial charge in [0.2, 0.25) is 5.95 Å². The second-order valence-corrected chi connectivity index (χ2v) is 4.31. The van der Waals surface area contributed by atoms with Crippen molar-refractivity contribution in [2.75, 3.05) is 31.6 Å². The third-order valence-corrected chi connectivity index (χ3v) is 2.86. The van der Waals surface area contributed by atoms with E-state index in [1.807, 2.05) is 7.05 Å². The predicted octanol–water partition coefficient (Wildman–Crippen LogP) is 1.60. The van der Waals surface area contributed by atoms with Crippen LogP contribution in [0.1, 0.15) is 6.42 Å². The van der Waals surface area contributed by atoms with Crippen LogP contribution in [0.4, 0.5) is 5.95 Å². The zero-order valence-electron chi connectivity index (χ0n) is 9.19. The predicted molar refractivity (Wildman–Crippen MR) is 68.5 cm³/mol. The van der Waals surface area contributed by atoms with E-state index in [0.717, 1.165) is 19.6 Å². The molecule has 1 aliphatic rings. The number of hydrogen-bond donors (Lipinski definition) is 1. The molecule has 0 radical (unpaired) electrons. The maximum Gasteiger partial charge on any atom is 0.226 e. The average Bonchev–Trinajstić information content (AvgIpc) is 2.70. The summed E-state index contributed by atoms with van der Waals surface area (Å²) < 4.78 is 0. The minimum atomic E-state index is 0. The third-order valence-electron chi connectivity index (χ3n) is 2.64. The summed E-state index contributed by atoms with van der Waals surface area (Å²) in [5, 5.41) is 3.84. The van der Waals surface area contributed by atoms with Gasteiger partial charge in [-0.2, -0.15) is 0 Å². The van der Waals surface area contributed by atoms with Crippen LogP contribution in [0, 0.1) is 5.92 Å². The van der Waals surface area contributed by atoms with Crippen molar-refractivity contribution in [1.82, 2.24) is 15.3 Å². The minimum absolute atomic E-state index is 0. The largest absolute Gasteiger partial charge is 0.344 e. The van der Waals surface area contributed by atoms with Crippen molar-refractivity contribution in [2.45, 2.75) is 6.42 Å². The highest BCUT2D eigenvalue weighted by Crippen LogP contribution is 2.14. The van der Waals surface area contributed by atoms with E-state index < -0.39 is 0 Å². The van der Waals surface area contributed by atoms with Gasteiger partial charge in [0.05, 0.1) is 0 Å². The quantitative estimate of drug-likeness (QED) is 0.841. The molecule has 1 aliphatic heterocycles. The molecule has 2 heterocycles. The molecule has 0 aromatic carbocycles. The van der Waals surface area contributed by atoms with Crippen LogP contribution in [0.5, 0.6) is 0 Å². The van der Waals surface area contributed by atoms with Crippen LogP contribution in [0.15, 0.2) is 12.3 Å². The molecule has 0 spiro atoms. The Morgan fingerprint density at radius 3 is 3.06 bits per heavy atom. The van der Waals surface area contributed by atoms with Crippen LogP contribution < -0.4 is 10.2 Å². The van der Waals surface area contributed by atoms with Gasteiger partial charge in [-0.1, -0.05) is 11.6 Å². The summed E-state index contributed by atoms with van der Waals surface area (Å²) >= 11 is 5.82. The summed E-state index contributed by atoms with van der Waals surface area (Å²) in [6, 6.07) is 1.69. The van der Waals surface area contributed by atoms with Gasteiger partial charge in [-0.3, -0.25) is 0 Å². The van der Waals surface area contributed by atoms with Crippen molar-refractivity contribution < 1.29 is 0 Å². The van der Waals surface area contributed by atoms with Crippen LogP contribution in [0.25, 0.3) is 0 Å². The Morgan fingerprint density at radius 2 is 2.44 bits per heavy atom. The smallest absolute Gasteiger partial charge is 0.226 e. The Morgan fingerprint density at radius 1 is 1.62 bits per heavy atom. The molecule has 1 aromatic heterocycles. The fraction of sp³-hybridized carbons (Fsp3) is 0.600. The highest BCUT2D eigenvalue weighted by Gasteiger charge is 2.17. The van der Waals surface area contributed by atoms with Gasteiger partial charge in [0.25, 0.3) is 0 Å². The molecule has 90 valence electrons. The molecular formula is C10H16Cl2N4. The molecule has 1 saturated heterocycles. The molecule has 0 saturated carbocycles. The second kappa shape index (κ2) is 6.23. The Kier molecular flexibility index (Phi) is 5.25. The first kappa shape index (κ1) is 13.5. The SMILES string of the molecule is CN(CC1CCNC1)c1nccc(Cl)n1.Cl. The topological polar surface area (TPSA) is 41.0 Å². The number of hydrogen-bond acceptors (Lipinski definition) is 4. The lowest BCUT2D eigenvalue weighted by Gasteiger charge is -2.20. The molecule has 4 nitrogen and oxygen atoms in total. The van der Waals surface area contributed by atoms with Crippen LogP contribution in [-0.2, 0) is 0 Å². The zero-order chi connectivity index (χ0) is 10.7. The van der Waals surface area contributed by atoms with Gasteiger partial charge in [0.15, 0.2) is 0 Å². The standard InChI is InChI=1S/C10H15ClN4.ClH/c1-15(7-8-2-4-12-6-8)10-13-5-3-9(11)14-10;/h3,5,8,12H,2,4,6-7H2,1H3;1H. The summed E-state index contributed by atoms with van der Waals surface area (Å²) in [6.07, 6.45) is 2.92. The number of anilines is 1. The van der Waals surface area contributed by atoms with Gasteiger partial charge in [0, 0.05) is 19.8 Å². The van der Waals surface area contributed by atoms with Gasteiger partial charge in [-0.25, -0.2) is 9.97 Å². The Hall–Kier alpha value is -0.580. The Labute approximate surface area is 107 Å². The number of nitrogens with one attached hydrogen (secondary N) is 1. The van der Waals surface area contributed by atoms with Crippen LogP contribution in [-0.4, -0.2) is 36.6 Å². The zero-order valence-corrected chi connectivity index (χ0v) is 10.8. The maximum absolute atomic E-state index is 5.82. The van der Waals surface area contributed by atoms with Crippen molar-refractivity contribution in [2.24, 2.45) is 5.92 Å². The van der Waals surface area contributed by atoms with Gasteiger partial charge in [-0.05, 0) is 31.5 Å². The van der Waals surface area contributed by atoms with E-state index in [1.165, 1.54) is 6.42 Å². The molecule has 2 rings (SSSR count). The van der Waals surface area contributed by atoms with E-state index >= 15 is 0 Å². The van der Waals surface area contributed by atoms with Gasteiger partial charge in [0.1, 0.15) is 5.15 Å². The summed E-state index contributed by atoms with van der Waals surface area (Å²) in [7, 11) is 2.00. The monoisotopic (exact) mass is 262 g/mol. The summed E-state index contributed by atoms with van der Waals surface area (Å²) in [5.41, 5.74) is 0. The highest BCUT2D eigenvalue weighted by molar-refractivity contribution is 6.29. The van der Waals surface area contributed by atoms with E-state index in [0.29, 0.717) is 17.0 Å². The first-order valence-corrected chi connectivity index (χ1v) is 5.54. The number of halogens is 2. The van der Waals surface area contributed by atoms with Gasteiger partial charge >= 0.3 is 0 Å². The molecule has 1 unspecified atom stereocenters. The third kappa shape index (κ3) is 3.47. The molecule has 1 N–H and O–H groups in total. The summed E-state index contributed by atoms with van der Waals surface area (Å²) in [5.74, 6) is 1.40. The number of rotatable bonds is 3. The van der Waals surface area contributed by atoms with Crippen molar-refractivity contribution in [1.29, 1.82) is 0 Å². The van der Waals surface area contributed by atoms with Crippen LogP contribution in [0.3, 0.4) is 0 Å². The Balaban J connectivity index is 0.00000128. The first-order chi connectivity index (χ1) is 7.25. The van der Waals surface area contributed by atoms with E-state index in [9.17, 15) is 0 Å². The number of aromatic nitrogens is 2. The summed E-state index contributed by atoms with van der Waals surface area (Å²) in [6.45, 7) is 3.19. The van der Waals surface area contributed by atoms with Crippen LogP contribution in [0.2, 0.25) is 5.15 Å². The molecule has 0 bridgehead atoms. The fourth-order valence-corrected chi connectivity index (χ4v) is 1.98. The molecule has 1 fully saturated rings. The highest BCUT2D eigenvalue weighted by atomic mass is 35.5. The van der Waals surface area contributed by atoms with Gasteiger partial charge in [-0.15, -0.1) is 12.4 Å². The molecule has 1 atom stereocenters. The summed E-state index contributed by atoms with van der Waals surface area (Å²) in [4.78, 5) is 10.4. The minimum Gasteiger partial charge on any atom is -0.344 e. The molecular weight excluding hydrogens is 247 g/mol. The lowest BCUT2D eigenvalue weighted by Crippen LogP contribution is -2.28. The van der Waals surface area contributed by atoms with Crippen molar-refractivity contribution in [3.05, 3.63) is 17.4 Å².